The van der Waals surface area contributed by atoms with Gasteiger partial charge in [-0.05, 0) is 37.7 Å². The van der Waals surface area contributed by atoms with Crippen molar-refractivity contribution in [1.82, 2.24) is 24.6 Å². The van der Waals surface area contributed by atoms with E-state index in [9.17, 15) is 4.79 Å². The first-order valence-corrected chi connectivity index (χ1v) is 10.8. The van der Waals surface area contributed by atoms with Crippen molar-refractivity contribution in [3.8, 4) is 17.3 Å². The number of nitrogens with zero attached hydrogens (tertiary/aromatic N) is 5. The predicted molar refractivity (Wildman–Crippen MR) is 113 cm³/mol. The van der Waals surface area contributed by atoms with Gasteiger partial charge in [-0.3, -0.25) is 9.36 Å². The molecule has 1 aliphatic rings. The monoisotopic (exact) mass is 411 g/mol. The second kappa shape index (κ2) is 8.84. The van der Waals surface area contributed by atoms with E-state index in [0.29, 0.717) is 16.7 Å². The van der Waals surface area contributed by atoms with Gasteiger partial charge in [-0.1, -0.05) is 36.9 Å². The van der Waals surface area contributed by atoms with Crippen LogP contribution in [-0.2, 0) is 4.79 Å². The topological polar surface area (TPSA) is 67.4 Å². The Morgan fingerprint density at radius 3 is 2.52 bits per heavy atom. The third-order valence-electron chi connectivity index (χ3n) is 5.15. The molecule has 0 radical (unpaired) electrons. The van der Waals surface area contributed by atoms with E-state index in [2.05, 4.69) is 22.0 Å². The van der Waals surface area contributed by atoms with Crippen molar-refractivity contribution in [1.29, 1.82) is 0 Å². The van der Waals surface area contributed by atoms with Gasteiger partial charge in [0.2, 0.25) is 11.7 Å². The van der Waals surface area contributed by atoms with Gasteiger partial charge >= 0.3 is 0 Å². The van der Waals surface area contributed by atoms with Gasteiger partial charge in [0.15, 0.2) is 10.9 Å². The van der Waals surface area contributed by atoms with E-state index in [4.69, 9.17) is 4.42 Å². The molecule has 1 aromatic carbocycles. The Morgan fingerprint density at radius 1 is 1.10 bits per heavy atom. The molecule has 1 saturated heterocycles. The van der Waals surface area contributed by atoms with Crippen LogP contribution in [0.25, 0.3) is 17.3 Å². The molecule has 0 saturated carbocycles. The summed E-state index contributed by atoms with van der Waals surface area (Å²) in [6, 6.07) is 13.6. The first-order valence-electron chi connectivity index (χ1n) is 9.90. The number of amides is 1. The molecule has 0 spiro atoms. The summed E-state index contributed by atoms with van der Waals surface area (Å²) in [5.74, 6) is 1.41. The highest BCUT2D eigenvalue weighted by atomic mass is 32.2. The van der Waals surface area contributed by atoms with Crippen LogP contribution in [0.5, 0.6) is 0 Å². The van der Waals surface area contributed by atoms with Crippen molar-refractivity contribution in [2.75, 3.05) is 32.7 Å². The third kappa shape index (κ3) is 4.23. The highest BCUT2D eigenvalue weighted by molar-refractivity contribution is 8.00. The zero-order valence-electron chi connectivity index (χ0n) is 16.7. The zero-order valence-corrected chi connectivity index (χ0v) is 17.5. The number of aromatic nitrogens is 3. The number of piperazine rings is 1. The number of hydrogen-bond donors (Lipinski definition) is 0. The molecular weight excluding hydrogens is 386 g/mol. The number of thioether (sulfide) groups is 1. The van der Waals surface area contributed by atoms with Crippen LogP contribution >= 0.6 is 11.8 Å². The molecule has 152 valence electrons. The molecule has 0 aliphatic carbocycles. The Morgan fingerprint density at radius 2 is 1.86 bits per heavy atom. The van der Waals surface area contributed by atoms with Crippen molar-refractivity contribution in [3.05, 3.63) is 48.7 Å². The van der Waals surface area contributed by atoms with Crippen molar-refractivity contribution < 1.29 is 9.21 Å². The number of para-hydroxylation sites is 1. The maximum Gasteiger partial charge on any atom is 0.235 e. The molecule has 0 bridgehead atoms. The molecule has 8 heteroatoms. The van der Waals surface area contributed by atoms with Crippen LogP contribution < -0.4 is 0 Å². The van der Waals surface area contributed by atoms with E-state index >= 15 is 0 Å². The van der Waals surface area contributed by atoms with E-state index in [1.54, 1.807) is 6.26 Å². The number of furan rings is 1. The number of hydrogen-bond acceptors (Lipinski definition) is 6. The van der Waals surface area contributed by atoms with Crippen LogP contribution in [0.15, 0.2) is 58.3 Å². The average Bonchev–Trinajstić information content (AvgIpc) is 3.43. The lowest BCUT2D eigenvalue weighted by Gasteiger charge is -2.35. The minimum Gasteiger partial charge on any atom is -0.461 e. The quantitative estimate of drug-likeness (QED) is 0.581. The number of rotatable bonds is 6. The summed E-state index contributed by atoms with van der Waals surface area (Å²) in [6.45, 7) is 8.55. The van der Waals surface area contributed by atoms with Crippen LogP contribution in [0.1, 0.15) is 13.8 Å². The highest BCUT2D eigenvalue weighted by Gasteiger charge is 2.27. The molecular formula is C21H25N5O2S. The SMILES string of the molecule is CCN1CCN(C(=O)C(C)Sc2nnc(-c3ccco3)n2-c2ccccc2)CC1. The summed E-state index contributed by atoms with van der Waals surface area (Å²) in [5, 5.41) is 9.15. The highest BCUT2D eigenvalue weighted by Crippen LogP contribution is 2.31. The fourth-order valence-electron chi connectivity index (χ4n) is 3.47. The van der Waals surface area contributed by atoms with Gasteiger partial charge in [-0.25, -0.2) is 0 Å². The van der Waals surface area contributed by atoms with E-state index < -0.39 is 0 Å². The van der Waals surface area contributed by atoms with E-state index in [-0.39, 0.29) is 11.2 Å². The molecule has 1 fully saturated rings. The number of carbonyl (C=O) groups is 1. The minimum absolute atomic E-state index is 0.146. The zero-order chi connectivity index (χ0) is 20.2. The molecule has 3 heterocycles. The van der Waals surface area contributed by atoms with Crippen molar-refractivity contribution in [2.45, 2.75) is 24.3 Å². The summed E-state index contributed by atoms with van der Waals surface area (Å²) < 4.78 is 7.50. The third-order valence-corrected chi connectivity index (χ3v) is 6.18. The minimum atomic E-state index is -0.251. The van der Waals surface area contributed by atoms with Crippen LogP contribution in [0, 0.1) is 0 Å². The lowest BCUT2D eigenvalue weighted by Crippen LogP contribution is -2.50. The molecule has 4 rings (SSSR count). The molecule has 1 atom stereocenters. The van der Waals surface area contributed by atoms with Crippen molar-refractivity contribution in [2.24, 2.45) is 0 Å². The number of benzene rings is 1. The molecule has 29 heavy (non-hydrogen) atoms. The van der Waals surface area contributed by atoms with Gasteiger partial charge in [0.25, 0.3) is 0 Å². The Bertz CT molecular complexity index is 933. The predicted octanol–water partition coefficient (Wildman–Crippen LogP) is 3.17. The van der Waals surface area contributed by atoms with Gasteiger partial charge in [0, 0.05) is 31.9 Å². The van der Waals surface area contributed by atoms with Gasteiger partial charge in [-0.2, -0.15) is 0 Å². The van der Waals surface area contributed by atoms with Gasteiger partial charge < -0.3 is 14.2 Å². The van der Waals surface area contributed by atoms with Gasteiger partial charge in [0.1, 0.15) is 0 Å². The Balaban J connectivity index is 1.56. The standard InChI is InChI=1S/C21H25N5O2S/c1-3-24-11-13-25(14-12-24)20(27)16(2)29-21-23-22-19(18-10-7-15-28-18)26(21)17-8-5-4-6-9-17/h4-10,15-16H,3,11-14H2,1-2H3. The molecule has 1 amide bonds. The van der Waals surface area contributed by atoms with Crippen LogP contribution in [0.3, 0.4) is 0 Å². The first-order chi connectivity index (χ1) is 14.2. The summed E-state index contributed by atoms with van der Waals surface area (Å²) in [5.41, 5.74) is 0.933. The van der Waals surface area contributed by atoms with E-state index in [1.165, 1.54) is 11.8 Å². The van der Waals surface area contributed by atoms with Crippen LogP contribution in [-0.4, -0.2) is 68.4 Å². The maximum atomic E-state index is 13.0. The average molecular weight is 412 g/mol. The Labute approximate surface area is 174 Å². The Kier molecular flexibility index (Phi) is 6.01. The lowest BCUT2D eigenvalue weighted by molar-refractivity contribution is -0.132. The van der Waals surface area contributed by atoms with Crippen LogP contribution in [0.2, 0.25) is 0 Å². The number of likely N-dealkylation sites (N-methyl/N-ethyl adjacent to an activating group) is 1. The summed E-state index contributed by atoms with van der Waals surface area (Å²) in [6.07, 6.45) is 1.62. The summed E-state index contributed by atoms with van der Waals surface area (Å²) in [4.78, 5) is 17.3. The summed E-state index contributed by atoms with van der Waals surface area (Å²) >= 11 is 1.43. The van der Waals surface area contributed by atoms with Crippen molar-refractivity contribution >= 4 is 17.7 Å². The second-order valence-electron chi connectivity index (χ2n) is 6.97. The number of carbonyl (C=O) groups excluding carboxylic acids is 1. The largest absolute Gasteiger partial charge is 0.461 e. The molecule has 0 N–H and O–H groups in total. The first kappa shape index (κ1) is 19.7. The smallest absolute Gasteiger partial charge is 0.235 e. The molecule has 1 aliphatic heterocycles. The molecule has 3 aromatic rings. The summed E-state index contributed by atoms with van der Waals surface area (Å²) in [7, 11) is 0. The normalized spacial score (nSPS) is 16.1. The molecule has 2 aromatic heterocycles. The van der Waals surface area contributed by atoms with E-state index in [1.807, 2.05) is 58.9 Å². The molecule has 1 unspecified atom stereocenters. The van der Waals surface area contributed by atoms with Gasteiger partial charge in [0.05, 0.1) is 11.5 Å². The lowest BCUT2D eigenvalue weighted by atomic mass is 10.3. The fraction of sp³-hybridized carbons (Fsp3) is 0.381. The second-order valence-corrected chi connectivity index (χ2v) is 8.28. The Hall–Kier alpha value is -2.58. The fourth-order valence-corrected chi connectivity index (χ4v) is 4.42. The van der Waals surface area contributed by atoms with E-state index in [0.717, 1.165) is 38.4 Å². The van der Waals surface area contributed by atoms with Crippen LogP contribution in [0.4, 0.5) is 0 Å². The van der Waals surface area contributed by atoms with Crippen molar-refractivity contribution in [3.63, 3.8) is 0 Å². The maximum absolute atomic E-state index is 13.0. The van der Waals surface area contributed by atoms with Gasteiger partial charge in [-0.15, -0.1) is 10.2 Å². The molecule has 7 nitrogen and oxygen atoms in total.